The fraction of sp³-hybridized carbons (Fsp3) is 1.00. The molecule has 0 bridgehead atoms. The smallest absolute Gasteiger partial charge is 0.324 e. The number of rotatable bonds is 2. The van der Waals surface area contributed by atoms with Gasteiger partial charge in [-0.2, -0.15) is 8.78 Å². The number of hydrogen-bond donors (Lipinski definition) is 1. The second-order valence-corrected chi connectivity index (χ2v) is 3.15. The van der Waals surface area contributed by atoms with E-state index in [4.69, 9.17) is 5.73 Å². The van der Waals surface area contributed by atoms with Gasteiger partial charge in [0.25, 0.3) is 0 Å². The zero-order valence-corrected chi connectivity index (χ0v) is 7.04. The lowest BCUT2D eigenvalue weighted by atomic mass is 10.0. The maximum absolute atomic E-state index is 11.8. The Morgan fingerprint density at radius 2 is 2.25 bits per heavy atom. The molecule has 12 heavy (non-hydrogen) atoms. The zero-order valence-electron chi connectivity index (χ0n) is 7.04. The number of nitrogens with zero attached hydrogens (tertiary/aromatic N) is 1. The van der Waals surface area contributed by atoms with Crippen molar-refractivity contribution in [3.8, 4) is 0 Å². The van der Waals surface area contributed by atoms with Gasteiger partial charge in [0.2, 0.25) is 0 Å². The Labute approximate surface area is 70.5 Å². The Morgan fingerprint density at radius 3 is 2.75 bits per heavy atom. The molecule has 1 aliphatic rings. The third-order valence-electron chi connectivity index (χ3n) is 2.07. The lowest BCUT2D eigenvalue weighted by molar-refractivity contribution is -0.176. The highest BCUT2D eigenvalue weighted by atomic mass is 19.3. The van der Waals surface area contributed by atoms with Crippen LogP contribution in [0, 0.1) is 0 Å². The average molecular weight is 180 g/mol. The van der Waals surface area contributed by atoms with E-state index in [-0.39, 0.29) is 6.04 Å². The van der Waals surface area contributed by atoms with E-state index >= 15 is 0 Å². The highest BCUT2D eigenvalue weighted by molar-refractivity contribution is 4.82. The van der Waals surface area contributed by atoms with Gasteiger partial charge in [-0.3, -0.25) is 0 Å². The van der Waals surface area contributed by atoms with Gasteiger partial charge in [0.1, 0.15) is 0 Å². The number of halogens is 2. The molecule has 72 valence electrons. The van der Waals surface area contributed by atoms with Crippen LogP contribution in [0.1, 0.15) is 6.42 Å². The molecule has 1 fully saturated rings. The number of nitrogens with two attached hydrogens (primary N) is 1. The molecule has 2 N–H and O–H groups in total. The van der Waals surface area contributed by atoms with Gasteiger partial charge in [0.05, 0.1) is 6.10 Å². The number of ether oxygens (including phenoxy) is 1. The van der Waals surface area contributed by atoms with Gasteiger partial charge in [-0.25, -0.2) is 0 Å². The summed E-state index contributed by atoms with van der Waals surface area (Å²) < 4.78 is 28.0. The molecule has 0 radical (unpaired) electrons. The van der Waals surface area contributed by atoms with Crippen molar-refractivity contribution in [1.82, 2.24) is 4.90 Å². The minimum atomic E-state index is -2.70. The Hall–Kier alpha value is -0.260. The molecule has 0 aromatic heterocycles. The molecule has 0 spiro atoms. The van der Waals surface area contributed by atoms with Gasteiger partial charge < -0.3 is 15.4 Å². The monoisotopic (exact) mass is 180 g/mol. The minimum absolute atomic E-state index is 0.294. The zero-order chi connectivity index (χ0) is 9.14. The van der Waals surface area contributed by atoms with Crippen LogP contribution < -0.4 is 5.73 Å². The van der Waals surface area contributed by atoms with Crippen molar-refractivity contribution in [3.05, 3.63) is 0 Å². The van der Waals surface area contributed by atoms with E-state index in [9.17, 15) is 8.78 Å². The Bertz CT molecular complexity index is 145. The number of alkyl halides is 2. The van der Waals surface area contributed by atoms with Crippen LogP contribution in [0.15, 0.2) is 0 Å². The lowest BCUT2D eigenvalue weighted by Crippen LogP contribution is -2.51. The van der Waals surface area contributed by atoms with Crippen LogP contribution in [0.5, 0.6) is 0 Å². The van der Waals surface area contributed by atoms with E-state index in [1.165, 1.54) is 0 Å². The van der Waals surface area contributed by atoms with Gasteiger partial charge in [-0.15, -0.1) is 0 Å². The first-order valence-electron chi connectivity index (χ1n) is 3.97. The fourth-order valence-corrected chi connectivity index (χ4v) is 1.43. The van der Waals surface area contributed by atoms with Gasteiger partial charge in [0, 0.05) is 19.1 Å². The summed E-state index contributed by atoms with van der Waals surface area (Å²) in [5.74, 6) is 0. The van der Waals surface area contributed by atoms with Crippen molar-refractivity contribution in [1.29, 1.82) is 0 Å². The summed E-state index contributed by atoms with van der Waals surface area (Å²) >= 11 is 0. The van der Waals surface area contributed by atoms with Gasteiger partial charge >= 0.3 is 6.61 Å². The number of piperidine rings is 1. The summed E-state index contributed by atoms with van der Waals surface area (Å²) in [5.41, 5.74) is 5.62. The van der Waals surface area contributed by atoms with E-state index in [0.29, 0.717) is 13.0 Å². The van der Waals surface area contributed by atoms with Crippen molar-refractivity contribution in [3.63, 3.8) is 0 Å². The first-order valence-corrected chi connectivity index (χ1v) is 3.97. The number of likely N-dealkylation sites (N-methyl/N-ethyl adjacent to an activating group) is 1. The Kier molecular flexibility index (Phi) is 3.37. The van der Waals surface area contributed by atoms with Crippen LogP contribution in [0.3, 0.4) is 0 Å². The molecule has 0 aromatic carbocycles. The lowest BCUT2D eigenvalue weighted by Gasteiger charge is -2.33. The highest BCUT2D eigenvalue weighted by Gasteiger charge is 2.27. The van der Waals surface area contributed by atoms with E-state index in [0.717, 1.165) is 6.54 Å². The van der Waals surface area contributed by atoms with Crippen LogP contribution in [0.4, 0.5) is 8.78 Å². The van der Waals surface area contributed by atoms with Crippen molar-refractivity contribution in [2.75, 3.05) is 20.1 Å². The molecule has 5 heteroatoms. The summed E-state index contributed by atoms with van der Waals surface area (Å²) in [5, 5.41) is 0. The standard InChI is InChI=1S/C7H14F2N2O/c1-11-3-2-6(5(10)4-11)12-7(8)9/h5-7H,2-4,10H2,1H3/t5-,6+/m0/s1. The van der Waals surface area contributed by atoms with Gasteiger partial charge in [-0.1, -0.05) is 0 Å². The molecule has 3 nitrogen and oxygen atoms in total. The van der Waals surface area contributed by atoms with Crippen molar-refractivity contribution < 1.29 is 13.5 Å². The number of likely N-dealkylation sites (tertiary alicyclic amines) is 1. The van der Waals surface area contributed by atoms with E-state index in [2.05, 4.69) is 4.74 Å². The molecule has 0 aromatic rings. The molecular weight excluding hydrogens is 166 g/mol. The molecule has 0 unspecified atom stereocenters. The Morgan fingerprint density at radius 1 is 1.58 bits per heavy atom. The topological polar surface area (TPSA) is 38.5 Å². The number of hydrogen-bond acceptors (Lipinski definition) is 3. The predicted octanol–water partition coefficient (Wildman–Crippen LogP) is 0.257. The minimum Gasteiger partial charge on any atom is -0.324 e. The SMILES string of the molecule is CN1CC[C@@H](OC(F)F)[C@@H](N)C1. The van der Waals surface area contributed by atoms with Crippen molar-refractivity contribution >= 4 is 0 Å². The van der Waals surface area contributed by atoms with Crippen LogP contribution in [-0.4, -0.2) is 43.8 Å². The maximum atomic E-state index is 11.8. The quantitative estimate of drug-likeness (QED) is 0.662. The summed E-state index contributed by atoms with van der Waals surface area (Å²) in [6.45, 7) is -1.31. The fourth-order valence-electron chi connectivity index (χ4n) is 1.43. The highest BCUT2D eigenvalue weighted by Crippen LogP contribution is 2.14. The normalized spacial score (nSPS) is 32.8. The third kappa shape index (κ3) is 2.66. The van der Waals surface area contributed by atoms with Crippen LogP contribution in [-0.2, 0) is 4.74 Å². The molecular formula is C7H14F2N2O. The van der Waals surface area contributed by atoms with Gasteiger partial charge in [0.15, 0.2) is 0 Å². The molecule has 0 amide bonds. The molecule has 1 aliphatic heterocycles. The predicted molar refractivity (Wildman–Crippen MR) is 41.0 cm³/mol. The largest absolute Gasteiger partial charge is 0.345 e. The third-order valence-corrected chi connectivity index (χ3v) is 2.07. The average Bonchev–Trinajstić information content (AvgIpc) is 1.94. The van der Waals surface area contributed by atoms with E-state index in [1.54, 1.807) is 0 Å². The Balaban J connectivity index is 2.34. The molecule has 1 heterocycles. The van der Waals surface area contributed by atoms with Crippen LogP contribution >= 0.6 is 0 Å². The molecule has 1 saturated heterocycles. The summed E-state index contributed by atoms with van der Waals surface area (Å²) in [7, 11) is 1.92. The first kappa shape index (κ1) is 9.83. The molecule has 1 rings (SSSR count). The summed E-state index contributed by atoms with van der Waals surface area (Å²) in [6, 6.07) is -0.294. The van der Waals surface area contributed by atoms with Gasteiger partial charge in [-0.05, 0) is 13.5 Å². The van der Waals surface area contributed by atoms with Crippen molar-refractivity contribution in [2.45, 2.75) is 25.2 Å². The first-order chi connectivity index (χ1) is 5.59. The van der Waals surface area contributed by atoms with Crippen LogP contribution in [0.25, 0.3) is 0 Å². The second-order valence-electron chi connectivity index (χ2n) is 3.15. The molecule has 0 aliphatic carbocycles. The summed E-state index contributed by atoms with van der Waals surface area (Å²) in [4.78, 5) is 2.01. The van der Waals surface area contributed by atoms with Crippen molar-refractivity contribution in [2.24, 2.45) is 5.73 Å². The second kappa shape index (κ2) is 4.11. The molecule has 0 saturated carbocycles. The van der Waals surface area contributed by atoms with E-state index in [1.807, 2.05) is 11.9 Å². The summed E-state index contributed by atoms with van der Waals surface area (Å²) in [6.07, 6.45) is 0.100. The molecule has 2 atom stereocenters. The van der Waals surface area contributed by atoms with Crippen LogP contribution in [0.2, 0.25) is 0 Å². The maximum Gasteiger partial charge on any atom is 0.345 e. The van der Waals surface area contributed by atoms with E-state index < -0.39 is 12.7 Å².